The Morgan fingerprint density at radius 3 is 1.23 bits per heavy atom. The third kappa shape index (κ3) is 9.09. The molecule has 0 N–H and O–H groups in total. The summed E-state index contributed by atoms with van der Waals surface area (Å²) >= 11 is 4.78. The van der Waals surface area contributed by atoms with Crippen LogP contribution in [0.2, 0.25) is 0 Å². The van der Waals surface area contributed by atoms with Gasteiger partial charge >= 0.3 is 271 Å². The van der Waals surface area contributed by atoms with E-state index in [2.05, 4.69) is 25.5 Å². The van der Waals surface area contributed by atoms with Gasteiger partial charge in [0.1, 0.15) is 0 Å². The van der Waals surface area contributed by atoms with E-state index in [9.17, 15) is 9.59 Å². The first kappa shape index (κ1) is 33.1. The molecule has 226 valence electrons. The minimum atomic E-state index is -3.38. The van der Waals surface area contributed by atoms with Crippen molar-refractivity contribution in [2.75, 3.05) is 0 Å². The van der Waals surface area contributed by atoms with Crippen molar-refractivity contribution < 1.29 is 28.5 Å². The fourth-order valence-corrected chi connectivity index (χ4v) is 13.1. The second kappa shape index (κ2) is 13.4. The van der Waals surface area contributed by atoms with Gasteiger partial charge in [-0.1, -0.05) is 0 Å². The first-order valence-electron chi connectivity index (χ1n) is 13.6. The quantitative estimate of drug-likeness (QED) is 0.110. The van der Waals surface area contributed by atoms with Crippen LogP contribution >= 0.6 is 25.5 Å². The zero-order valence-electron chi connectivity index (χ0n) is 24.9. The van der Waals surface area contributed by atoms with Crippen LogP contribution in [0, 0.1) is 0 Å². The number of hydrogen-bond acceptors (Lipinski definition) is 6. The minimum absolute atomic E-state index is 0.397. The van der Waals surface area contributed by atoms with Crippen LogP contribution in [-0.4, -0.2) is 37.3 Å². The third-order valence-corrected chi connectivity index (χ3v) is 20.7. The van der Waals surface area contributed by atoms with Gasteiger partial charge in [-0.15, -0.1) is 0 Å². The van der Waals surface area contributed by atoms with Gasteiger partial charge in [0.2, 0.25) is 0 Å². The molecule has 4 rings (SSSR count). The monoisotopic (exact) mass is 826 g/mol. The molecule has 0 saturated carbocycles. The molecule has 0 aliphatic rings. The summed E-state index contributed by atoms with van der Waals surface area (Å²) in [5.74, 6) is 0.794. The van der Waals surface area contributed by atoms with Crippen LogP contribution < -0.4 is 16.7 Å². The second-order valence-electron chi connectivity index (χ2n) is 11.6. The standard InChI is InChI=1S/C34H34Br2O6Te/c1-33(2,3)41-31(37)39-29-19-17-25(21-27(29)23-13-9-7-10-14-23)43(35,36)26-18-20-30(40-32(38)42-34(4,5)6)28(22-26)24-15-11-8-12-16-24/h7-22H,1-6H3. The van der Waals surface area contributed by atoms with Crippen LogP contribution in [0.3, 0.4) is 0 Å². The predicted molar refractivity (Wildman–Crippen MR) is 180 cm³/mol. The number of carbonyl (C=O) groups is 2. The Labute approximate surface area is 269 Å². The molecule has 0 aromatic heterocycles. The van der Waals surface area contributed by atoms with Gasteiger partial charge in [0.05, 0.1) is 0 Å². The number of halogens is 2. The Kier molecular flexibility index (Phi) is 10.3. The maximum absolute atomic E-state index is 12.6. The van der Waals surface area contributed by atoms with Crippen LogP contribution in [0.1, 0.15) is 41.5 Å². The van der Waals surface area contributed by atoms with Crippen molar-refractivity contribution in [3.8, 4) is 33.8 Å². The Bertz CT molecular complexity index is 1470. The molecule has 0 fully saturated rings. The van der Waals surface area contributed by atoms with E-state index in [0.717, 1.165) is 29.5 Å². The Morgan fingerprint density at radius 1 is 0.558 bits per heavy atom. The van der Waals surface area contributed by atoms with E-state index in [1.807, 2.05) is 84.9 Å². The van der Waals surface area contributed by atoms with E-state index in [4.69, 9.17) is 18.9 Å². The molecule has 43 heavy (non-hydrogen) atoms. The molecule has 4 aromatic carbocycles. The molecule has 4 aromatic rings. The fraction of sp³-hybridized carbons (Fsp3) is 0.235. The summed E-state index contributed by atoms with van der Waals surface area (Å²) in [6, 6.07) is 31.0. The molecule has 0 aliphatic carbocycles. The average molecular weight is 826 g/mol. The molecule has 0 unspecified atom stereocenters. The van der Waals surface area contributed by atoms with Gasteiger partial charge in [-0.2, -0.15) is 0 Å². The van der Waals surface area contributed by atoms with E-state index in [-0.39, 0.29) is 0 Å². The number of rotatable bonds is 6. The molecule has 0 radical (unpaired) electrons. The van der Waals surface area contributed by atoms with E-state index in [0.29, 0.717) is 11.5 Å². The number of benzene rings is 4. The predicted octanol–water partition coefficient (Wildman–Crippen LogP) is 8.99. The molecule has 0 atom stereocenters. The van der Waals surface area contributed by atoms with Gasteiger partial charge in [0, 0.05) is 0 Å². The molecule has 9 heteroatoms. The number of hydrogen-bond donors (Lipinski definition) is 0. The molecule has 0 heterocycles. The van der Waals surface area contributed by atoms with Gasteiger partial charge in [0.15, 0.2) is 0 Å². The van der Waals surface area contributed by atoms with Crippen LogP contribution in [-0.2, 0) is 9.47 Å². The molecule has 0 amide bonds. The SMILES string of the molecule is CC(C)(C)OC(=O)Oc1ccc([Te](Br)(Br)c2ccc(OC(=O)OC(C)(C)C)c(-c3ccccc3)c2)cc1-c1ccccc1. The third-order valence-electron chi connectivity index (χ3n) is 5.83. The van der Waals surface area contributed by atoms with Crippen molar-refractivity contribution in [1.82, 2.24) is 0 Å². The van der Waals surface area contributed by atoms with E-state index in [1.165, 1.54) is 0 Å². The summed E-state index contributed by atoms with van der Waals surface area (Å²) in [7, 11) is 0. The first-order valence-corrected chi connectivity index (χ1v) is 26.3. The Balaban J connectivity index is 1.76. The van der Waals surface area contributed by atoms with Crippen molar-refractivity contribution in [2.45, 2.75) is 52.7 Å². The molecule has 0 bridgehead atoms. The normalized spacial score (nSPS) is 12.3. The molecule has 0 saturated heterocycles. The summed E-state index contributed by atoms with van der Waals surface area (Å²) in [6.45, 7) is 10.8. The van der Waals surface area contributed by atoms with Crippen molar-refractivity contribution in [2.24, 2.45) is 0 Å². The fourth-order valence-electron chi connectivity index (χ4n) is 4.06. The van der Waals surface area contributed by atoms with Crippen LogP contribution in [0.5, 0.6) is 11.5 Å². The first-order chi connectivity index (χ1) is 20.1. The summed E-state index contributed by atoms with van der Waals surface area (Å²) in [4.78, 5) is 25.2. The van der Waals surface area contributed by atoms with Crippen LogP contribution in [0.15, 0.2) is 97.1 Å². The zero-order valence-corrected chi connectivity index (χ0v) is 30.4. The molecule has 0 aliphatic heterocycles. The van der Waals surface area contributed by atoms with E-state index in [1.54, 1.807) is 53.7 Å². The van der Waals surface area contributed by atoms with Gasteiger partial charge in [-0.3, -0.25) is 0 Å². The van der Waals surface area contributed by atoms with Crippen molar-refractivity contribution in [3.05, 3.63) is 97.1 Å². The Morgan fingerprint density at radius 2 is 0.907 bits per heavy atom. The summed E-state index contributed by atoms with van der Waals surface area (Å²) in [6.07, 6.45) is -1.53. The van der Waals surface area contributed by atoms with E-state index < -0.39 is 37.3 Å². The molecular formula is C34H34Br2O6Te. The summed E-state index contributed by atoms with van der Waals surface area (Å²) < 4.78 is 24.2. The van der Waals surface area contributed by atoms with Gasteiger partial charge < -0.3 is 0 Å². The van der Waals surface area contributed by atoms with Crippen molar-refractivity contribution in [1.29, 1.82) is 0 Å². The number of ether oxygens (including phenoxy) is 4. The van der Waals surface area contributed by atoms with Crippen molar-refractivity contribution >= 4 is 58.8 Å². The second-order valence-corrected chi connectivity index (χ2v) is 35.9. The van der Waals surface area contributed by atoms with Gasteiger partial charge in [-0.25, -0.2) is 0 Å². The molecule has 0 spiro atoms. The number of carbonyl (C=O) groups excluding carboxylic acids is 2. The molecule has 6 nitrogen and oxygen atoms in total. The topological polar surface area (TPSA) is 71.1 Å². The average Bonchev–Trinajstić information content (AvgIpc) is 2.92. The molecular weight excluding hydrogens is 792 g/mol. The van der Waals surface area contributed by atoms with Gasteiger partial charge in [-0.05, 0) is 0 Å². The Hall–Kier alpha value is -2.83. The van der Waals surface area contributed by atoms with Gasteiger partial charge in [0.25, 0.3) is 0 Å². The zero-order chi connectivity index (χ0) is 31.4. The summed E-state index contributed by atoms with van der Waals surface area (Å²) in [5.41, 5.74) is 1.94. The van der Waals surface area contributed by atoms with E-state index >= 15 is 0 Å². The summed E-state index contributed by atoms with van der Waals surface area (Å²) in [5, 5.41) is 0. The van der Waals surface area contributed by atoms with Crippen LogP contribution in [0.4, 0.5) is 9.59 Å². The van der Waals surface area contributed by atoms with Crippen molar-refractivity contribution in [3.63, 3.8) is 0 Å². The van der Waals surface area contributed by atoms with Crippen LogP contribution in [0.25, 0.3) is 22.3 Å². The maximum atomic E-state index is 12.6.